The number of carbonyl (C=O) groups excluding carboxylic acids is 8. The van der Waals surface area contributed by atoms with E-state index >= 15 is 0 Å². The molecule has 141 heavy (non-hydrogen) atoms. The molecular weight excluding hydrogens is 1810 g/mol. The zero-order chi connectivity index (χ0) is 100. The summed E-state index contributed by atoms with van der Waals surface area (Å²) in [5, 5.41) is 46.4. The van der Waals surface area contributed by atoms with Crippen molar-refractivity contribution < 1.29 is 96.0 Å². The average Bonchev–Trinajstić information content (AvgIpc) is 1.74. The Morgan fingerprint density at radius 2 is 1.39 bits per heavy atom. The highest BCUT2D eigenvalue weighted by Crippen LogP contribution is 2.41. The number of fused-ring (bicyclic) bond motifs is 6. The number of amides is 5. The number of ketones is 2. The monoisotopic (exact) mass is 1950 g/mol. The number of piperazine rings is 2. The van der Waals surface area contributed by atoms with Crippen molar-refractivity contribution in [1.82, 2.24) is 74.9 Å². The van der Waals surface area contributed by atoms with Gasteiger partial charge in [0.1, 0.15) is 53.8 Å². The Kier molecular flexibility index (Phi) is 36.8. The van der Waals surface area contributed by atoms with Crippen molar-refractivity contribution in [3.05, 3.63) is 143 Å². The van der Waals surface area contributed by atoms with Crippen LogP contribution in [0.25, 0.3) is 33.4 Å². The van der Waals surface area contributed by atoms with Gasteiger partial charge in [0, 0.05) is 179 Å². The maximum atomic E-state index is 15.0. The fourth-order valence-corrected chi connectivity index (χ4v) is 20.2. The van der Waals surface area contributed by atoms with E-state index in [0.717, 1.165) is 40.9 Å². The highest BCUT2D eigenvalue weighted by molar-refractivity contribution is 6.39. The summed E-state index contributed by atoms with van der Waals surface area (Å²) in [6.45, 7) is 21.5. The predicted octanol–water partition coefficient (Wildman–Crippen LogP) is 8.25. The van der Waals surface area contributed by atoms with Crippen LogP contribution in [0.2, 0.25) is 0 Å². The third kappa shape index (κ3) is 27.0. The smallest absolute Gasteiger partial charge is 0.407 e. The van der Waals surface area contributed by atoms with Crippen molar-refractivity contribution in [3.63, 3.8) is 0 Å². The van der Waals surface area contributed by atoms with Crippen LogP contribution in [-0.4, -0.2) is 314 Å². The largest absolute Gasteiger partial charge is 0.460 e. The van der Waals surface area contributed by atoms with Crippen molar-refractivity contribution in [2.24, 2.45) is 35.5 Å². The molecule has 0 radical (unpaired) electrons. The van der Waals surface area contributed by atoms with Crippen molar-refractivity contribution in [2.75, 3.05) is 148 Å². The lowest BCUT2D eigenvalue weighted by atomic mass is 9.78. The Bertz CT molecular complexity index is 5580. The number of esters is 1. The lowest BCUT2D eigenvalue weighted by Crippen LogP contribution is -2.61. The average molecular weight is 1950 g/mol. The Morgan fingerprint density at radius 3 is 2.12 bits per heavy atom. The molecule has 11 heterocycles. The fourth-order valence-electron chi connectivity index (χ4n) is 20.2. The first-order valence-electron chi connectivity index (χ1n) is 49.6. The van der Waals surface area contributed by atoms with Gasteiger partial charge in [-0.15, -0.1) is 0 Å². The molecule has 5 amide bonds. The number of nitrogens with two attached hydrogens (primary N) is 2. The number of nitrogens with one attached hydrogen (secondary N) is 2. The summed E-state index contributed by atoms with van der Waals surface area (Å²) in [4.78, 5) is 154. The molecular formula is C102H139N19O20. The van der Waals surface area contributed by atoms with E-state index in [1.807, 2.05) is 95.7 Å². The number of aromatic nitrogens is 9. The van der Waals surface area contributed by atoms with E-state index in [9.17, 15) is 53.7 Å². The molecule has 5 fully saturated rings. The number of Topliss-reactive ketones (excluding diaryl/α,β-unsaturated/α-hetero) is 2. The number of allylic oxidation sites excluding steroid dienone is 5. The Morgan fingerprint density at radius 1 is 0.674 bits per heavy atom. The van der Waals surface area contributed by atoms with Gasteiger partial charge >= 0.3 is 12.1 Å². The number of hydrogen-bond donors (Lipinski definition) is 7. The number of aliphatic hydroxyl groups excluding tert-OH is 2. The molecule has 14 rings (SSSR count). The maximum Gasteiger partial charge on any atom is 0.407 e. The van der Waals surface area contributed by atoms with Crippen LogP contribution in [-0.2, 0) is 92.7 Å². The number of oxazole rings is 1. The second-order valence-corrected chi connectivity index (χ2v) is 38.7. The number of anilines is 4. The molecule has 5 aromatic heterocycles. The van der Waals surface area contributed by atoms with E-state index in [4.69, 9.17) is 58.9 Å². The van der Waals surface area contributed by atoms with Gasteiger partial charge in [0.15, 0.2) is 17.0 Å². The molecule has 16 atom stereocenters. The molecule has 1 saturated carbocycles. The van der Waals surface area contributed by atoms with Gasteiger partial charge in [0.2, 0.25) is 29.5 Å². The van der Waals surface area contributed by atoms with Gasteiger partial charge in [-0.25, -0.2) is 44.2 Å². The molecule has 762 valence electrons. The van der Waals surface area contributed by atoms with Crippen LogP contribution in [0.4, 0.5) is 28.5 Å². The number of hydrogen-bond acceptors (Lipinski definition) is 33. The topological polar surface area (TPSA) is 488 Å². The summed E-state index contributed by atoms with van der Waals surface area (Å²) in [7, 11) is 4.67. The van der Waals surface area contributed by atoms with Gasteiger partial charge in [-0.3, -0.25) is 33.7 Å². The number of ether oxygens (including phenoxy) is 8. The van der Waals surface area contributed by atoms with Crippen LogP contribution in [0.3, 0.4) is 0 Å². The summed E-state index contributed by atoms with van der Waals surface area (Å²) in [5.41, 5.74) is 20.8. The molecule has 0 spiro atoms. The number of cyclic esters (lactones) is 1. The van der Waals surface area contributed by atoms with E-state index in [1.54, 1.807) is 59.5 Å². The van der Waals surface area contributed by atoms with Crippen LogP contribution in [0.15, 0.2) is 120 Å². The molecule has 2 aromatic carbocycles. The summed E-state index contributed by atoms with van der Waals surface area (Å²) < 4.78 is 56.0. The van der Waals surface area contributed by atoms with E-state index in [-0.39, 0.29) is 106 Å². The fraction of sp³-hybridized carbons (Fsp3) is 0.588. The van der Waals surface area contributed by atoms with Crippen LogP contribution in [0, 0.1) is 35.5 Å². The van der Waals surface area contributed by atoms with E-state index in [1.165, 1.54) is 30.7 Å². The molecule has 6 aliphatic heterocycles. The number of benzene rings is 2. The summed E-state index contributed by atoms with van der Waals surface area (Å²) >= 11 is 0. The minimum Gasteiger partial charge on any atom is -0.460 e. The molecule has 39 nitrogen and oxygen atoms in total. The van der Waals surface area contributed by atoms with Crippen LogP contribution in [0.5, 0.6) is 0 Å². The van der Waals surface area contributed by atoms with Crippen LogP contribution in [0.1, 0.15) is 171 Å². The van der Waals surface area contributed by atoms with Crippen LogP contribution < -0.4 is 31.9 Å². The highest BCUT2D eigenvalue weighted by Gasteiger charge is 2.54. The Hall–Kier alpha value is -11.7. The number of nitrogen functional groups attached to an aromatic ring is 2. The summed E-state index contributed by atoms with van der Waals surface area (Å²) in [5.74, 6) is -7.04. The quantitative estimate of drug-likeness (QED) is 0.0110. The number of rotatable bonds is 27. The minimum atomic E-state index is -2.48. The SMILES string of the molecule is CO[C@H]1C[C@@H]2CC[C@@H](C)[C@@](O)(O2)C(=O)C(=O)N2CCCC[C@H]2C(=O)O[C@H]([C@H](C)C[C@@H]2CC[C@@H](OC(=O)NCc3cnc(N4CCN(C(=O)CCOCCN5CCN(c6ncc(C(=O)NCCOCCC(=O)N7CCc8cc(Cn9nc(-c%10ccc%11oc(N)nc%11c%10)c%10c(N)ncnc%109)ccc8C7)cn6)CC5)CC4)nc3)[C@H](OC)C2)C[C@@H](OC)[C@H](C)/C=C(\C)[C@@H](O)[C@@H](O)C(=O)[C@H](C)C[C@H](C)/C=C/C=C/C=C/1C. The molecule has 7 aliphatic rings. The van der Waals surface area contributed by atoms with Gasteiger partial charge in [0.05, 0.1) is 81.2 Å². The number of carbonyl (C=O) groups is 8. The second-order valence-electron chi connectivity index (χ2n) is 38.7. The third-order valence-electron chi connectivity index (χ3n) is 28.7. The Labute approximate surface area is 822 Å². The number of alkyl carbamates (subject to hydrolysis) is 1. The minimum absolute atomic E-state index is 0.00447. The predicted molar refractivity (Wildman–Crippen MR) is 524 cm³/mol. The zero-order valence-corrected chi connectivity index (χ0v) is 82.7. The normalized spacial score (nSPS) is 27.4. The van der Waals surface area contributed by atoms with Crippen LogP contribution >= 0.6 is 0 Å². The molecule has 7 aromatic rings. The second kappa shape index (κ2) is 49.4. The first kappa shape index (κ1) is 105. The number of nitrogens with zero attached hydrogens (tertiary/aromatic N) is 15. The highest BCUT2D eigenvalue weighted by atomic mass is 16.6. The molecule has 4 saturated heterocycles. The molecule has 1 aliphatic carbocycles. The number of aliphatic hydroxyl groups is 3. The first-order chi connectivity index (χ1) is 67.9. The first-order valence-corrected chi connectivity index (χ1v) is 49.6. The zero-order valence-electron chi connectivity index (χ0n) is 82.7. The Balaban J connectivity index is 0.469. The lowest BCUT2D eigenvalue weighted by Gasteiger charge is -2.43. The van der Waals surface area contributed by atoms with Crippen molar-refractivity contribution >= 4 is 93.1 Å². The number of methoxy groups -OCH3 is 3. The molecule has 39 heteroatoms. The van der Waals surface area contributed by atoms with Crippen molar-refractivity contribution in [2.45, 2.75) is 225 Å². The van der Waals surface area contributed by atoms with Gasteiger partial charge in [-0.2, -0.15) is 10.1 Å². The van der Waals surface area contributed by atoms with Gasteiger partial charge < -0.3 is 104 Å². The number of piperidine rings is 1. The van der Waals surface area contributed by atoms with E-state index < -0.39 is 108 Å². The lowest BCUT2D eigenvalue weighted by molar-refractivity contribution is -0.265. The standard InChI is InChI=1S/C102H139N19O20/c1-62-16-12-11-13-17-63(2)81(133-8)52-76-24-19-68(7)102(132,141-76)92(127)96(129)120-31-15-14-18-78(120)97(130)138-83(53-82(134-9)64(3)47-67(6)90(125)91(126)89(124)66(5)46-62)65(4)48-69-21-25-80(84(50-69)135-10)140-101(131)110-56-71-54-106-99(107-55-71)118-39-37-116(38-40-118)85(122)28-43-137-45-41-115-33-35-117(36-34-115)100-108-57-75(58-109-100)95(128)105-30-44-136-42-29-86(123)119-32-27-72-49-70(20-22-74(72)60-119)59-121-94-87(93(103)111-61-112-94)88(114-121)73-23-26-79-77(51-73)113-98(104)139-79/h11-13,16-17,20,22-23,26,47,49,51,54-55,57-58,61-62,64-66,68-69,76,78,80-84,90-91,125-126,132H,14-15,18-19,21,24-25,27-46,48,50,52-53,56,59-60H2,1-10H3,(H2,104,113)(H,105,128)(H,110,131)(H2,103,111,112)/b13-11+,16-12+,63-17+,67-47+/t62-,64-,65-,66-,68-,69+,76+,78+,80-,81+,82-,83+,84-,90-,91+,102-/m1/s1. The molecule has 9 N–H and O–H groups in total. The van der Waals surface area contributed by atoms with Gasteiger partial charge in [-0.1, -0.05) is 89.3 Å². The van der Waals surface area contributed by atoms with E-state index in [0.29, 0.717) is 205 Å². The molecule has 0 unspecified atom stereocenters. The van der Waals surface area contributed by atoms with Crippen molar-refractivity contribution in [1.29, 1.82) is 0 Å². The van der Waals surface area contributed by atoms with E-state index in [2.05, 4.69) is 67.5 Å². The van der Waals surface area contributed by atoms with Gasteiger partial charge in [-0.05, 0) is 148 Å². The summed E-state index contributed by atoms with van der Waals surface area (Å²) in [6, 6.07) is 10.7. The summed E-state index contributed by atoms with van der Waals surface area (Å²) in [6.07, 6.45) is 17.7. The third-order valence-corrected chi connectivity index (χ3v) is 28.7. The van der Waals surface area contributed by atoms with Gasteiger partial charge in [0.25, 0.3) is 23.6 Å². The van der Waals surface area contributed by atoms with Crippen molar-refractivity contribution in [3.8, 4) is 11.3 Å². The maximum absolute atomic E-state index is 15.0. The molecule has 2 bridgehead atoms.